The predicted octanol–water partition coefficient (Wildman–Crippen LogP) is 6.14. The maximum atomic E-state index is 11.1. The van der Waals surface area contributed by atoms with Crippen LogP contribution in [0.1, 0.15) is 45.1 Å². The molecule has 2 aromatic rings. The first-order valence-electron chi connectivity index (χ1n) is 8.55. The third-order valence-corrected chi connectivity index (χ3v) is 3.97. The van der Waals surface area contributed by atoms with E-state index in [4.69, 9.17) is 0 Å². The van der Waals surface area contributed by atoms with Crippen molar-refractivity contribution in [3.63, 3.8) is 0 Å². The van der Waals surface area contributed by atoms with Crippen LogP contribution >= 0.6 is 0 Å². The minimum atomic E-state index is -1.31. The second-order valence-corrected chi connectivity index (χ2v) is 6.06. The first-order chi connectivity index (χ1) is 11.6. The number of azo groups is 1. The van der Waals surface area contributed by atoms with Crippen LogP contribution in [0.2, 0.25) is 0 Å². The van der Waals surface area contributed by atoms with Crippen molar-refractivity contribution >= 4 is 5.69 Å². The molecule has 1 N–H and O–H groups in total. The van der Waals surface area contributed by atoms with Crippen molar-refractivity contribution in [1.29, 1.82) is 0 Å². The van der Waals surface area contributed by atoms with Crippen molar-refractivity contribution in [3.05, 3.63) is 77.9 Å². The summed E-state index contributed by atoms with van der Waals surface area (Å²) in [7, 11) is 0. The average molecular weight is 322 g/mol. The van der Waals surface area contributed by atoms with Gasteiger partial charge in [-0.3, -0.25) is 0 Å². The lowest BCUT2D eigenvalue weighted by Gasteiger charge is -2.23. The van der Waals surface area contributed by atoms with Crippen molar-refractivity contribution in [2.45, 2.75) is 45.3 Å². The summed E-state index contributed by atoms with van der Waals surface area (Å²) in [4.78, 5) is 0. The van der Waals surface area contributed by atoms with Gasteiger partial charge in [0.25, 0.3) is 0 Å². The van der Waals surface area contributed by atoms with Crippen LogP contribution in [0.4, 0.5) is 5.69 Å². The van der Waals surface area contributed by atoms with Gasteiger partial charge >= 0.3 is 0 Å². The molecule has 1 atom stereocenters. The molecule has 2 rings (SSSR count). The van der Waals surface area contributed by atoms with Gasteiger partial charge < -0.3 is 5.11 Å². The smallest absolute Gasteiger partial charge is 0.202 e. The van der Waals surface area contributed by atoms with E-state index in [1.807, 2.05) is 60.7 Å². The molecule has 0 aromatic heterocycles. The summed E-state index contributed by atoms with van der Waals surface area (Å²) < 4.78 is 0. The molecule has 0 saturated heterocycles. The van der Waals surface area contributed by atoms with Crippen LogP contribution in [0.5, 0.6) is 0 Å². The lowest BCUT2D eigenvalue weighted by molar-refractivity contribution is 0.0300. The molecular formula is C21H26N2O. The molecule has 1 unspecified atom stereocenters. The number of unbranched alkanes of at least 4 members (excludes halogenated alkanes) is 1. The van der Waals surface area contributed by atoms with Gasteiger partial charge in [0.05, 0.1) is 5.69 Å². The van der Waals surface area contributed by atoms with Gasteiger partial charge in [0, 0.05) is 12.0 Å². The molecule has 0 aliphatic carbocycles. The van der Waals surface area contributed by atoms with Gasteiger partial charge in [-0.1, -0.05) is 73.5 Å². The quantitative estimate of drug-likeness (QED) is 0.460. The number of allylic oxidation sites excluding steroid dienone is 2. The van der Waals surface area contributed by atoms with E-state index in [-0.39, 0.29) is 0 Å². The normalized spacial score (nSPS) is 14.7. The Hall–Kier alpha value is -2.26. The molecule has 0 saturated carbocycles. The fourth-order valence-corrected chi connectivity index (χ4v) is 2.46. The molecule has 0 amide bonds. The van der Waals surface area contributed by atoms with Crippen LogP contribution in [0.3, 0.4) is 0 Å². The Morgan fingerprint density at radius 1 is 1.04 bits per heavy atom. The van der Waals surface area contributed by atoms with E-state index in [0.717, 1.165) is 30.5 Å². The van der Waals surface area contributed by atoms with Crippen molar-refractivity contribution in [1.82, 2.24) is 0 Å². The maximum Gasteiger partial charge on any atom is 0.202 e. The third kappa shape index (κ3) is 5.43. The molecule has 2 aromatic carbocycles. The highest BCUT2D eigenvalue weighted by Crippen LogP contribution is 2.31. The molecule has 24 heavy (non-hydrogen) atoms. The number of rotatable bonds is 8. The SMILES string of the molecule is CCC/C=C(/C)CCC(O)(N=Nc1ccccc1)c1ccccc1. The van der Waals surface area contributed by atoms with Gasteiger partial charge in [0.2, 0.25) is 5.72 Å². The van der Waals surface area contributed by atoms with E-state index in [9.17, 15) is 5.11 Å². The number of nitrogens with zero attached hydrogens (tertiary/aromatic N) is 2. The second kappa shape index (κ2) is 9.14. The Labute approximate surface area is 144 Å². The van der Waals surface area contributed by atoms with Gasteiger partial charge in [-0.15, -0.1) is 5.11 Å². The zero-order valence-corrected chi connectivity index (χ0v) is 14.5. The van der Waals surface area contributed by atoms with E-state index >= 15 is 0 Å². The standard InChI is InChI=1S/C21H26N2O/c1-3-4-11-18(2)16-17-21(24,19-12-7-5-8-13-19)23-22-20-14-9-6-10-15-20/h5-15,24H,3-4,16-17H2,1-2H3/b18-11-,23-22?. The Bertz CT molecular complexity index is 665. The fourth-order valence-electron chi connectivity index (χ4n) is 2.46. The topological polar surface area (TPSA) is 45.0 Å². The summed E-state index contributed by atoms with van der Waals surface area (Å²) >= 11 is 0. The van der Waals surface area contributed by atoms with E-state index in [1.165, 1.54) is 5.57 Å². The van der Waals surface area contributed by atoms with E-state index in [0.29, 0.717) is 6.42 Å². The Balaban J connectivity index is 2.20. The minimum Gasteiger partial charge on any atom is -0.364 e. The van der Waals surface area contributed by atoms with E-state index < -0.39 is 5.72 Å². The molecule has 0 aliphatic heterocycles. The molecule has 0 bridgehead atoms. The predicted molar refractivity (Wildman–Crippen MR) is 99.2 cm³/mol. The number of hydrogen-bond acceptors (Lipinski definition) is 3. The molecular weight excluding hydrogens is 296 g/mol. The highest BCUT2D eigenvalue weighted by molar-refractivity contribution is 5.35. The Kier molecular flexibility index (Phi) is 6.89. The van der Waals surface area contributed by atoms with E-state index in [1.54, 1.807) is 0 Å². The summed E-state index contributed by atoms with van der Waals surface area (Å²) in [6.45, 7) is 4.27. The van der Waals surface area contributed by atoms with Gasteiger partial charge in [-0.2, -0.15) is 5.11 Å². The van der Waals surface area contributed by atoms with Crippen LogP contribution in [0.25, 0.3) is 0 Å². The first kappa shape index (κ1) is 18.1. The first-order valence-corrected chi connectivity index (χ1v) is 8.55. The zero-order chi connectivity index (χ0) is 17.3. The van der Waals surface area contributed by atoms with Gasteiger partial charge in [-0.25, -0.2) is 0 Å². The van der Waals surface area contributed by atoms with Crippen molar-refractivity contribution in [2.75, 3.05) is 0 Å². The number of benzene rings is 2. The summed E-state index contributed by atoms with van der Waals surface area (Å²) in [5.41, 5.74) is 1.48. The van der Waals surface area contributed by atoms with Gasteiger partial charge in [0.1, 0.15) is 0 Å². The maximum absolute atomic E-state index is 11.1. The molecule has 0 radical (unpaired) electrons. The highest BCUT2D eigenvalue weighted by Gasteiger charge is 2.28. The molecule has 3 heteroatoms. The lowest BCUT2D eigenvalue weighted by Crippen LogP contribution is -2.22. The summed E-state index contributed by atoms with van der Waals surface area (Å²) in [6.07, 6.45) is 5.74. The summed E-state index contributed by atoms with van der Waals surface area (Å²) in [5.74, 6) is 0. The minimum absolute atomic E-state index is 0.513. The molecule has 0 spiro atoms. The Morgan fingerprint density at radius 3 is 2.29 bits per heavy atom. The zero-order valence-electron chi connectivity index (χ0n) is 14.5. The Morgan fingerprint density at radius 2 is 1.67 bits per heavy atom. The van der Waals surface area contributed by atoms with E-state index in [2.05, 4.69) is 30.2 Å². The van der Waals surface area contributed by atoms with Crippen LogP contribution in [0, 0.1) is 0 Å². The molecule has 3 nitrogen and oxygen atoms in total. The largest absolute Gasteiger partial charge is 0.364 e. The lowest BCUT2D eigenvalue weighted by atomic mass is 9.96. The molecule has 0 aliphatic rings. The van der Waals surface area contributed by atoms with Crippen LogP contribution in [-0.4, -0.2) is 5.11 Å². The second-order valence-electron chi connectivity index (χ2n) is 6.06. The van der Waals surface area contributed by atoms with Crippen molar-refractivity contribution < 1.29 is 5.11 Å². The molecule has 126 valence electrons. The number of hydrogen-bond donors (Lipinski definition) is 1. The van der Waals surface area contributed by atoms with Crippen LogP contribution < -0.4 is 0 Å². The van der Waals surface area contributed by atoms with Gasteiger partial charge in [-0.05, 0) is 31.9 Å². The van der Waals surface area contributed by atoms with Gasteiger partial charge in [0.15, 0.2) is 0 Å². The monoisotopic (exact) mass is 322 g/mol. The molecule has 0 heterocycles. The third-order valence-electron chi connectivity index (χ3n) is 3.97. The van der Waals surface area contributed by atoms with Crippen LogP contribution in [-0.2, 0) is 5.72 Å². The summed E-state index contributed by atoms with van der Waals surface area (Å²) in [5, 5.41) is 19.7. The average Bonchev–Trinajstić information content (AvgIpc) is 2.64. The summed E-state index contributed by atoms with van der Waals surface area (Å²) in [6, 6.07) is 19.1. The van der Waals surface area contributed by atoms with Crippen molar-refractivity contribution in [3.8, 4) is 0 Å². The fraction of sp³-hybridized carbons (Fsp3) is 0.333. The molecule has 0 fully saturated rings. The number of aliphatic hydroxyl groups is 1. The van der Waals surface area contributed by atoms with Crippen LogP contribution in [0.15, 0.2) is 82.5 Å². The van der Waals surface area contributed by atoms with Crippen molar-refractivity contribution in [2.24, 2.45) is 10.2 Å². The highest BCUT2D eigenvalue weighted by atomic mass is 16.3.